The van der Waals surface area contributed by atoms with Crippen molar-refractivity contribution in [2.45, 2.75) is 51.0 Å². The lowest BCUT2D eigenvalue weighted by molar-refractivity contribution is -0.126. The van der Waals surface area contributed by atoms with Gasteiger partial charge in [0.25, 0.3) is 0 Å². The zero-order valence-corrected chi connectivity index (χ0v) is 18.3. The number of amides is 1. The van der Waals surface area contributed by atoms with Crippen LogP contribution >= 0.6 is 11.6 Å². The molecule has 0 saturated carbocycles. The van der Waals surface area contributed by atoms with E-state index in [0.29, 0.717) is 30.1 Å². The standard InChI is InChI=1S/C19H25ClN4O4S/c1-4-12(2)21-19(25)14-7-9-24(10-8-14)29(26,27)17-11-15(5-6-16(17)20)18-22-13(3)28-23-18/h5-6,11-12,14H,4,7-10H2,1-3H3,(H,21,25). The average molecular weight is 441 g/mol. The van der Waals surface area contributed by atoms with Gasteiger partial charge in [0.1, 0.15) is 4.90 Å². The Kier molecular flexibility index (Phi) is 6.60. The monoisotopic (exact) mass is 440 g/mol. The van der Waals surface area contributed by atoms with Crippen LogP contribution < -0.4 is 5.32 Å². The summed E-state index contributed by atoms with van der Waals surface area (Å²) in [6, 6.07) is 4.74. The SMILES string of the molecule is CCC(C)NC(=O)C1CCN(S(=O)(=O)c2cc(-c3noc(C)n3)ccc2Cl)CC1. The Morgan fingerprint density at radius 3 is 2.66 bits per heavy atom. The number of piperidine rings is 1. The van der Waals surface area contributed by atoms with Crippen molar-refractivity contribution in [3.8, 4) is 11.4 Å². The average Bonchev–Trinajstić information content (AvgIpc) is 3.14. The summed E-state index contributed by atoms with van der Waals surface area (Å²) in [4.78, 5) is 16.5. The maximum Gasteiger partial charge on any atom is 0.244 e. The second-order valence-corrected chi connectivity index (χ2v) is 9.59. The summed E-state index contributed by atoms with van der Waals surface area (Å²) >= 11 is 6.21. The Morgan fingerprint density at radius 2 is 2.07 bits per heavy atom. The molecular weight excluding hydrogens is 416 g/mol. The largest absolute Gasteiger partial charge is 0.353 e. The van der Waals surface area contributed by atoms with Crippen molar-refractivity contribution >= 4 is 27.5 Å². The number of nitrogens with one attached hydrogen (secondary N) is 1. The summed E-state index contributed by atoms with van der Waals surface area (Å²) in [5.41, 5.74) is 0.507. The Labute approximate surface area is 175 Å². The van der Waals surface area contributed by atoms with E-state index in [0.717, 1.165) is 6.42 Å². The van der Waals surface area contributed by atoms with Crippen molar-refractivity contribution in [2.75, 3.05) is 13.1 Å². The van der Waals surface area contributed by atoms with Gasteiger partial charge in [-0.05, 0) is 44.4 Å². The molecule has 3 rings (SSSR count). The van der Waals surface area contributed by atoms with E-state index in [1.54, 1.807) is 13.0 Å². The van der Waals surface area contributed by atoms with Gasteiger partial charge in [-0.25, -0.2) is 8.42 Å². The summed E-state index contributed by atoms with van der Waals surface area (Å²) < 4.78 is 32.7. The van der Waals surface area contributed by atoms with Crippen LogP contribution in [0.15, 0.2) is 27.6 Å². The Bertz CT molecular complexity index is 984. The van der Waals surface area contributed by atoms with Crippen molar-refractivity contribution in [2.24, 2.45) is 5.92 Å². The summed E-state index contributed by atoms with van der Waals surface area (Å²) in [5, 5.41) is 6.93. The molecular formula is C19H25ClN4O4S. The third-order valence-corrected chi connectivity index (χ3v) is 7.54. The molecule has 2 aromatic rings. The minimum absolute atomic E-state index is 0.00151. The Balaban J connectivity index is 1.76. The smallest absolute Gasteiger partial charge is 0.244 e. The number of carbonyl (C=O) groups is 1. The van der Waals surface area contributed by atoms with E-state index >= 15 is 0 Å². The predicted molar refractivity (Wildman–Crippen MR) is 109 cm³/mol. The first-order valence-electron chi connectivity index (χ1n) is 9.63. The van der Waals surface area contributed by atoms with Crippen LogP contribution in [-0.4, -0.2) is 47.9 Å². The van der Waals surface area contributed by atoms with Gasteiger partial charge in [-0.2, -0.15) is 9.29 Å². The summed E-state index contributed by atoms with van der Waals surface area (Å²) in [6.07, 6.45) is 1.80. The third kappa shape index (κ3) is 4.79. The number of benzene rings is 1. The van der Waals surface area contributed by atoms with Crippen LogP contribution in [-0.2, 0) is 14.8 Å². The molecule has 1 fully saturated rings. The molecule has 1 aliphatic rings. The van der Waals surface area contributed by atoms with Crippen LogP contribution in [0, 0.1) is 12.8 Å². The highest BCUT2D eigenvalue weighted by Gasteiger charge is 2.33. The van der Waals surface area contributed by atoms with E-state index in [1.807, 2.05) is 13.8 Å². The molecule has 8 nitrogen and oxygen atoms in total. The summed E-state index contributed by atoms with van der Waals surface area (Å²) in [7, 11) is -3.81. The van der Waals surface area contributed by atoms with E-state index in [9.17, 15) is 13.2 Å². The number of hydrogen-bond acceptors (Lipinski definition) is 6. The minimum Gasteiger partial charge on any atom is -0.353 e. The van der Waals surface area contributed by atoms with Gasteiger partial charge < -0.3 is 9.84 Å². The van der Waals surface area contributed by atoms with E-state index in [4.69, 9.17) is 16.1 Å². The zero-order valence-electron chi connectivity index (χ0n) is 16.7. The molecule has 1 N–H and O–H groups in total. The van der Waals surface area contributed by atoms with Gasteiger partial charge in [-0.15, -0.1) is 0 Å². The highest BCUT2D eigenvalue weighted by Crippen LogP contribution is 2.31. The molecule has 2 heterocycles. The van der Waals surface area contributed by atoms with E-state index in [-0.39, 0.29) is 40.9 Å². The lowest BCUT2D eigenvalue weighted by Crippen LogP contribution is -2.44. The van der Waals surface area contributed by atoms with Crippen molar-refractivity contribution in [3.05, 3.63) is 29.1 Å². The lowest BCUT2D eigenvalue weighted by atomic mass is 9.97. The molecule has 1 atom stereocenters. The fourth-order valence-corrected chi connectivity index (χ4v) is 5.19. The molecule has 1 aromatic carbocycles. The van der Waals surface area contributed by atoms with Crippen LogP contribution in [0.5, 0.6) is 0 Å². The van der Waals surface area contributed by atoms with E-state index in [1.165, 1.54) is 16.4 Å². The molecule has 0 bridgehead atoms. The van der Waals surface area contributed by atoms with Gasteiger partial charge in [-0.1, -0.05) is 23.7 Å². The van der Waals surface area contributed by atoms with E-state index < -0.39 is 10.0 Å². The van der Waals surface area contributed by atoms with Crippen molar-refractivity contribution in [1.29, 1.82) is 0 Å². The van der Waals surface area contributed by atoms with Crippen LogP contribution in [0.3, 0.4) is 0 Å². The topological polar surface area (TPSA) is 105 Å². The minimum atomic E-state index is -3.81. The maximum absolute atomic E-state index is 13.2. The molecule has 1 aromatic heterocycles. The molecule has 29 heavy (non-hydrogen) atoms. The second-order valence-electron chi connectivity index (χ2n) is 7.28. The molecule has 1 amide bonds. The summed E-state index contributed by atoms with van der Waals surface area (Å²) in [5.74, 6) is 0.497. The highest BCUT2D eigenvalue weighted by atomic mass is 35.5. The first-order chi connectivity index (χ1) is 13.7. The number of hydrogen-bond donors (Lipinski definition) is 1. The van der Waals surface area contributed by atoms with Crippen molar-refractivity contribution in [1.82, 2.24) is 19.8 Å². The summed E-state index contributed by atoms with van der Waals surface area (Å²) in [6.45, 7) is 6.16. The maximum atomic E-state index is 13.2. The van der Waals surface area contributed by atoms with Gasteiger partial charge in [0.2, 0.25) is 27.6 Å². The van der Waals surface area contributed by atoms with Crippen molar-refractivity contribution in [3.63, 3.8) is 0 Å². The first-order valence-corrected chi connectivity index (χ1v) is 11.4. The number of aryl methyl sites for hydroxylation is 1. The third-order valence-electron chi connectivity index (χ3n) is 5.16. The van der Waals surface area contributed by atoms with Crippen LogP contribution in [0.4, 0.5) is 0 Å². The molecule has 1 saturated heterocycles. The van der Waals surface area contributed by atoms with Gasteiger partial charge >= 0.3 is 0 Å². The van der Waals surface area contributed by atoms with Gasteiger partial charge in [-0.3, -0.25) is 4.79 Å². The van der Waals surface area contributed by atoms with Crippen LogP contribution in [0.2, 0.25) is 5.02 Å². The Morgan fingerprint density at radius 1 is 1.38 bits per heavy atom. The molecule has 0 radical (unpaired) electrons. The molecule has 1 unspecified atom stereocenters. The zero-order chi connectivity index (χ0) is 21.2. The molecule has 158 valence electrons. The normalized spacial score (nSPS) is 17.2. The van der Waals surface area contributed by atoms with Gasteiger partial charge in [0.05, 0.1) is 5.02 Å². The molecule has 1 aliphatic heterocycles. The van der Waals surface area contributed by atoms with Crippen LogP contribution in [0.1, 0.15) is 39.0 Å². The first kappa shape index (κ1) is 21.7. The quantitative estimate of drug-likeness (QED) is 0.740. The van der Waals surface area contributed by atoms with Gasteiger partial charge in [0, 0.05) is 37.5 Å². The van der Waals surface area contributed by atoms with E-state index in [2.05, 4.69) is 15.5 Å². The van der Waals surface area contributed by atoms with Gasteiger partial charge in [0.15, 0.2) is 0 Å². The van der Waals surface area contributed by atoms with Crippen molar-refractivity contribution < 1.29 is 17.7 Å². The number of sulfonamides is 1. The Hall–Kier alpha value is -1.97. The number of nitrogens with zero attached hydrogens (tertiary/aromatic N) is 3. The number of aromatic nitrogens is 2. The second kappa shape index (κ2) is 8.81. The van der Waals surface area contributed by atoms with Crippen LogP contribution in [0.25, 0.3) is 11.4 Å². The lowest BCUT2D eigenvalue weighted by Gasteiger charge is -2.31. The fraction of sp³-hybridized carbons (Fsp3) is 0.526. The highest BCUT2D eigenvalue weighted by molar-refractivity contribution is 7.89. The molecule has 0 spiro atoms. The number of rotatable bonds is 6. The molecule has 0 aliphatic carbocycles. The molecule has 10 heteroatoms. The number of carbonyl (C=O) groups excluding carboxylic acids is 1. The number of halogens is 1. The fourth-order valence-electron chi connectivity index (χ4n) is 3.22. The predicted octanol–water partition coefficient (Wildman–Crippen LogP) is 3.01.